The fourth-order valence-electron chi connectivity index (χ4n) is 2.14. The van der Waals surface area contributed by atoms with Gasteiger partial charge >= 0.3 is 0 Å². The predicted molar refractivity (Wildman–Crippen MR) is 93.7 cm³/mol. The molecule has 0 saturated carbocycles. The van der Waals surface area contributed by atoms with Crippen LogP contribution in [-0.2, 0) is 11.3 Å². The van der Waals surface area contributed by atoms with Crippen molar-refractivity contribution in [3.63, 3.8) is 0 Å². The van der Waals surface area contributed by atoms with E-state index < -0.39 is 0 Å². The Labute approximate surface area is 137 Å². The van der Waals surface area contributed by atoms with Gasteiger partial charge in [-0.05, 0) is 49.7 Å². The lowest BCUT2D eigenvalue weighted by atomic mass is 10.2. The summed E-state index contributed by atoms with van der Waals surface area (Å²) in [5.74, 6) is 0.545. The molecule has 122 valence electrons. The summed E-state index contributed by atoms with van der Waals surface area (Å²) < 4.78 is 5.57. The Balaban J connectivity index is 1.81. The van der Waals surface area contributed by atoms with Gasteiger partial charge < -0.3 is 15.4 Å². The fourth-order valence-corrected chi connectivity index (χ4v) is 2.14. The third-order valence-corrected chi connectivity index (χ3v) is 3.36. The standard InChI is InChI=1S/C19H24N2O2/c1-3-11-20-13-16-5-4-6-18(12-16)23-14-19(22)21-17-9-7-15(2)8-10-17/h4-10,12,20H,3,11,13-14H2,1-2H3,(H,21,22). The van der Waals surface area contributed by atoms with Gasteiger partial charge in [0.05, 0.1) is 0 Å². The van der Waals surface area contributed by atoms with E-state index in [1.165, 1.54) is 0 Å². The summed E-state index contributed by atoms with van der Waals surface area (Å²) in [7, 11) is 0. The van der Waals surface area contributed by atoms with Crippen LogP contribution >= 0.6 is 0 Å². The summed E-state index contributed by atoms with van der Waals surface area (Å²) in [6.45, 7) is 5.95. The van der Waals surface area contributed by atoms with E-state index in [9.17, 15) is 4.79 Å². The second-order valence-electron chi connectivity index (χ2n) is 5.53. The zero-order chi connectivity index (χ0) is 16.5. The van der Waals surface area contributed by atoms with Gasteiger partial charge in [-0.25, -0.2) is 0 Å². The molecule has 0 aromatic heterocycles. The van der Waals surface area contributed by atoms with Gasteiger partial charge in [-0.1, -0.05) is 36.8 Å². The van der Waals surface area contributed by atoms with Crippen LogP contribution < -0.4 is 15.4 Å². The quantitative estimate of drug-likeness (QED) is 0.733. The number of carbonyl (C=O) groups is 1. The molecule has 0 unspecified atom stereocenters. The van der Waals surface area contributed by atoms with Gasteiger partial charge in [-0.15, -0.1) is 0 Å². The average molecular weight is 312 g/mol. The molecule has 2 aromatic rings. The van der Waals surface area contributed by atoms with Crippen LogP contribution in [0.1, 0.15) is 24.5 Å². The topological polar surface area (TPSA) is 50.4 Å². The SMILES string of the molecule is CCCNCc1cccc(OCC(=O)Nc2ccc(C)cc2)c1. The molecule has 0 aliphatic rings. The first-order chi connectivity index (χ1) is 11.2. The lowest BCUT2D eigenvalue weighted by molar-refractivity contribution is -0.118. The largest absolute Gasteiger partial charge is 0.484 e. The van der Waals surface area contributed by atoms with Crippen molar-refractivity contribution < 1.29 is 9.53 Å². The molecule has 2 rings (SSSR count). The van der Waals surface area contributed by atoms with Gasteiger partial charge in [0.15, 0.2) is 6.61 Å². The molecule has 0 radical (unpaired) electrons. The number of hydrogen-bond donors (Lipinski definition) is 2. The minimum absolute atomic E-state index is 0.000279. The van der Waals surface area contributed by atoms with Gasteiger partial charge in [0.2, 0.25) is 0 Å². The lowest BCUT2D eigenvalue weighted by Gasteiger charge is -2.09. The highest BCUT2D eigenvalue weighted by atomic mass is 16.5. The fraction of sp³-hybridized carbons (Fsp3) is 0.316. The maximum absolute atomic E-state index is 11.9. The molecule has 4 nitrogen and oxygen atoms in total. The van der Waals surface area contributed by atoms with Crippen LogP contribution in [0.25, 0.3) is 0 Å². The third-order valence-electron chi connectivity index (χ3n) is 3.36. The maximum Gasteiger partial charge on any atom is 0.262 e. The second kappa shape index (κ2) is 8.96. The van der Waals surface area contributed by atoms with Crippen molar-refractivity contribution in [3.05, 3.63) is 59.7 Å². The van der Waals surface area contributed by atoms with Crippen LogP contribution in [-0.4, -0.2) is 19.1 Å². The Hall–Kier alpha value is -2.33. The van der Waals surface area contributed by atoms with Crippen molar-refractivity contribution in [2.45, 2.75) is 26.8 Å². The first kappa shape index (κ1) is 17.0. The smallest absolute Gasteiger partial charge is 0.262 e. The highest BCUT2D eigenvalue weighted by Crippen LogP contribution is 2.14. The van der Waals surface area contributed by atoms with Gasteiger partial charge in [-0.2, -0.15) is 0 Å². The molecule has 2 N–H and O–H groups in total. The molecule has 0 heterocycles. The zero-order valence-electron chi connectivity index (χ0n) is 13.8. The van der Waals surface area contributed by atoms with Crippen LogP contribution in [0.5, 0.6) is 5.75 Å². The van der Waals surface area contributed by atoms with Crippen molar-refractivity contribution >= 4 is 11.6 Å². The van der Waals surface area contributed by atoms with E-state index in [1.807, 2.05) is 55.5 Å². The van der Waals surface area contributed by atoms with Gasteiger partial charge in [0, 0.05) is 12.2 Å². The molecule has 4 heteroatoms. The minimum Gasteiger partial charge on any atom is -0.484 e. The van der Waals surface area contributed by atoms with Crippen LogP contribution in [0.4, 0.5) is 5.69 Å². The van der Waals surface area contributed by atoms with Crippen LogP contribution in [0.3, 0.4) is 0 Å². The molecule has 0 saturated heterocycles. The van der Waals surface area contributed by atoms with E-state index in [-0.39, 0.29) is 12.5 Å². The molecule has 0 bridgehead atoms. The molecule has 23 heavy (non-hydrogen) atoms. The molecule has 0 aliphatic carbocycles. The van der Waals surface area contributed by atoms with E-state index in [4.69, 9.17) is 4.74 Å². The highest BCUT2D eigenvalue weighted by Gasteiger charge is 2.04. The molecule has 0 fully saturated rings. The first-order valence-electron chi connectivity index (χ1n) is 7.96. The van der Waals surface area contributed by atoms with Gasteiger partial charge in [-0.3, -0.25) is 4.79 Å². The van der Waals surface area contributed by atoms with Crippen molar-refractivity contribution in [1.29, 1.82) is 0 Å². The number of anilines is 1. The summed E-state index contributed by atoms with van der Waals surface area (Å²) in [5, 5.41) is 6.17. The van der Waals surface area contributed by atoms with Crippen molar-refractivity contribution in [3.8, 4) is 5.75 Å². The van der Waals surface area contributed by atoms with Crippen LogP contribution in [0.15, 0.2) is 48.5 Å². The lowest BCUT2D eigenvalue weighted by Crippen LogP contribution is -2.20. The highest BCUT2D eigenvalue weighted by molar-refractivity contribution is 5.91. The number of carbonyl (C=O) groups excluding carboxylic acids is 1. The maximum atomic E-state index is 11.9. The monoisotopic (exact) mass is 312 g/mol. The number of rotatable bonds is 8. The zero-order valence-corrected chi connectivity index (χ0v) is 13.8. The van der Waals surface area contributed by atoms with E-state index in [0.29, 0.717) is 5.75 Å². The summed E-state index contributed by atoms with van der Waals surface area (Å²) in [5.41, 5.74) is 3.09. The van der Waals surface area contributed by atoms with Crippen molar-refractivity contribution in [2.75, 3.05) is 18.5 Å². The summed E-state index contributed by atoms with van der Waals surface area (Å²) in [6, 6.07) is 15.5. The van der Waals surface area contributed by atoms with E-state index in [0.717, 1.165) is 36.3 Å². The van der Waals surface area contributed by atoms with Crippen LogP contribution in [0, 0.1) is 6.92 Å². The number of hydrogen-bond acceptors (Lipinski definition) is 3. The normalized spacial score (nSPS) is 10.3. The van der Waals surface area contributed by atoms with Crippen LogP contribution in [0.2, 0.25) is 0 Å². The first-order valence-corrected chi connectivity index (χ1v) is 7.96. The number of benzene rings is 2. The number of ether oxygens (including phenoxy) is 1. The summed E-state index contributed by atoms with van der Waals surface area (Å²) in [6.07, 6.45) is 1.11. The van der Waals surface area contributed by atoms with Crippen molar-refractivity contribution in [2.24, 2.45) is 0 Å². The molecule has 2 aromatic carbocycles. The Morgan fingerprint density at radius 2 is 1.91 bits per heavy atom. The molecular weight excluding hydrogens is 288 g/mol. The molecule has 0 spiro atoms. The summed E-state index contributed by atoms with van der Waals surface area (Å²) >= 11 is 0. The number of aryl methyl sites for hydroxylation is 1. The molecular formula is C19H24N2O2. The van der Waals surface area contributed by atoms with Crippen molar-refractivity contribution in [1.82, 2.24) is 5.32 Å². The Morgan fingerprint density at radius 1 is 1.13 bits per heavy atom. The third kappa shape index (κ3) is 6.12. The Bertz CT molecular complexity index is 624. The van der Waals surface area contributed by atoms with Gasteiger partial charge in [0.1, 0.15) is 5.75 Å². The summed E-state index contributed by atoms with van der Waals surface area (Å²) in [4.78, 5) is 11.9. The van der Waals surface area contributed by atoms with E-state index in [1.54, 1.807) is 0 Å². The Kier molecular flexibility index (Phi) is 6.63. The molecule has 0 aliphatic heterocycles. The molecule has 0 atom stereocenters. The van der Waals surface area contributed by atoms with E-state index in [2.05, 4.69) is 17.6 Å². The number of amides is 1. The Morgan fingerprint density at radius 3 is 2.65 bits per heavy atom. The molecule has 1 amide bonds. The minimum atomic E-state index is -0.164. The number of nitrogens with one attached hydrogen (secondary N) is 2. The van der Waals surface area contributed by atoms with Gasteiger partial charge in [0.25, 0.3) is 5.91 Å². The van der Waals surface area contributed by atoms with E-state index >= 15 is 0 Å². The average Bonchev–Trinajstić information content (AvgIpc) is 2.56. The predicted octanol–water partition coefficient (Wildman–Crippen LogP) is 3.51. The second-order valence-corrected chi connectivity index (χ2v) is 5.53.